The maximum absolute atomic E-state index is 12.8. The molecule has 3 rings (SSSR count). The fourth-order valence-corrected chi connectivity index (χ4v) is 7.10. The van der Waals surface area contributed by atoms with Crippen molar-refractivity contribution in [2.45, 2.75) is 44.0 Å². The van der Waals surface area contributed by atoms with E-state index in [0.717, 1.165) is 12.8 Å². The third kappa shape index (κ3) is 4.41. The zero-order valence-electron chi connectivity index (χ0n) is 16.4. The van der Waals surface area contributed by atoms with E-state index in [-0.39, 0.29) is 28.4 Å². The molecule has 2 fully saturated rings. The maximum Gasteiger partial charge on any atom is 0.254 e. The van der Waals surface area contributed by atoms with Gasteiger partial charge in [0.25, 0.3) is 5.91 Å². The molecule has 0 saturated carbocycles. The molecule has 0 bridgehead atoms. The topological polar surface area (TPSA) is 91.8 Å². The Bertz CT molecular complexity index is 918. The number of amides is 1. The van der Waals surface area contributed by atoms with E-state index in [1.807, 2.05) is 6.92 Å². The highest BCUT2D eigenvalue weighted by Crippen LogP contribution is 2.25. The Morgan fingerprint density at radius 2 is 1.75 bits per heavy atom. The minimum Gasteiger partial charge on any atom is -0.335 e. The molecule has 1 aromatic rings. The van der Waals surface area contributed by atoms with Crippen LogP contribution < -0.4 is 0 Å². The van der Waals surface area contributed by atoms with Gasteiger partial charge in [-0.1, -0.05) is 6.92 Å². The van der Waals surface area contributed by atoms with Crippen molar-refractivity contribution >= 4 is 25.8 Å². The molecule has 2 heterocycles. The first kappa shape index (κ1) is 21.3. The van der Waals surface area contributed by atoms with Gasteiger partial charge in [0.15, 0.2) is 9.84 Å². The summed E-state index contributed by atoms with van der Waals surface area (Å²) in [6.07, 6.45) is 2.15. The summed E-state index contributed by atoms with van der Waals surface area (Å²) in [5, 5.41) is 0. The zero-order chi connectivity index (χ0) is 20.5. The average molecular weight is 429 g/mol. The molecular formula is C19H28N2O5S2. The third-order valence-electron chi connectivity index (χ3n) is 5.73. The van der Waals surface area contributed by atoms with Gasteiger partial charge in [0.05, 0.1) is 16.4 Å². The molecule has 1 atom stereocenters. The molecule has 156 valence electrons. The van der Waals surface area contributed by atoms with Crippen LogP contribution >= 0.6 is 0 Å². The van der Waals surface area contributed by atoms with E-state index < -0.39 is 19.9 Å². The molecule has 0 radical (unpaired) electrons. The van der Waals surface area contributed by atoms with E-state index in [1.54, 1.807) is 4.90 Å². The first-order valence-electron chi connectivity index (χ1n) is 9.75. The van der Waals surface area contributed by atoms with Gasteiger partial charge in [0, 0.05) is 31.2 Å². The molecule has 0 aliphatic carbocycles. The van der Waals surface area contributed by atoms with E-state index in [4.69, 9.17) is 0 Å². The number of carbonyl (C=O) groups is 1. The Hall–Kier alpha value is -1.45. The van der Waals surface area contributed by atoms with Crippen LogP contribution in [-0.2, 0) is 19.9 Å². The molecule has 28 heavy (non-hydrogen) atoms. The van der Waals surface area contributed by atoms with Crippen molar-refractivity contribution in [2.75, 3.05) is 31.1 Å². The number of rotatable bonds is 5. The van der Waals surface area contributed by atoms with Gasteiger partial charge in [-0.05, 0) is 56.4 Å². The Morgan fingerprint density at radius 1 is 1.14 bits per heavy atom. The van der Waals surface area contributed by atoms with E-state index in [1.165, 1.54) is 28.6 Å². The molecular weight excluding hydrogens is 400 g/mol. The second-order valence-corrected chi connectivity index (χ2v) is 11.9. The third-order valence-corrected chi connectivity index (χ3v) is 9.40. The maximum atomic E-state index is 12.8. The first-order valence-corrected chi connectivity index (χ1v) is 13.0. The molecule has 2 aliphatic heterocycles. The van der Waals surface area contributed by atoms with Crippen LogP contribution in [0.2, 0.25) is 0 Å². The summed E-state index contributed by atoms with van der Waals surface area (Å²) in [5.41, 5.74) is 0.373. The fraction of sp³-hybridized carbons (Fsp3) is 0.632. The Morgan fingerprint density at radius 3 is 2.25 bits per heavy atom. The number of hydrogen-bond donors (Lipinski definition) is 0. The second kappa shape index (κ2) is 8.12. The predicted octanol–water partition coefficient (Wildman–Crippen LogP) is 1.76. The normalized spacial score (nSPS) is 23.6. The monoisotopic (exact) mass is 428 g/mol. The quantitative estimate of drug-likeness (QED) is 0.713. The average Bonchev–Trinajstić information content (AvgIpc) is 3.02. The molecule has 1 amide bonds. The Balaban J connectivity index is 1.75. The van der Waals surface area contributed by atoms with Crippen molar-refractivity contribution in [3.05, 3.63) is 29.8 Å². The summed E-state index contributed by atoms with van der Waals surface area (Å²) in [4.78, 5) is 14.6. The number of nitrogens with zero attached hydrogens (tertiary/aromatic N) is 2. The van der Waals surface area contributed by atoms with Gasteiger partial charge in [-0.3, -0.25) is 4.79 Å². The van der Waals surface area contributed by atoms with E-state index in [0.29, 0.717) is 37.5 Å². The molecule has 0 aromatic heterocycles. The van der Waals surface area contributed by atoms with Crippen LogP contribution in [0.4, 0.5) is 0 Å². The summed E-state index contributed by atoms with van der Waals surface area (Å²) in [6, 6.07) is 5.67. The number of sulfone groups is 1. The van der Waals surface area contributed by atoms with Crippen LogP contribution in [0.5, 0.6) is 0 Å². The fourth-order valence-electron chi connectivity index (χ4n) is 3.90. The lowest BCUT2D eigenvalue weighted by Gasteiger charge is -2.29. The van der Waals surface area contributed by atoms with Crippen molar-refractivity contribution in [3.63, 3.8) is 0 Å². The highest BCUT2D eigenvalue weighted by Gasteiger charge is 2.34. The number of hydrogen-bond acceptors (Lipinski definition) is 5. The second-order valence-electron chi connectivity index (χ2n) is 7.76. The highest BCUT2D eigenvalue weighted by molar-refractivity contribution is 7.91. The first-order chi connectivity index (χ1) is 13.1. The van der Waals surface area contributed by atoms with E-state index >= 15 is 0 Å². The summed E-state index contributed by atoms with van der Waals surface area (Å²) in [5.74, 6) is 0.366. The standard InChI is InChI=1S/C19H28N2O5S2/c1-3-21(17-10-13-27(23,24)14-17)19(22)16-4-6-18(7-5-16)28(25,26)20-11-8-15(2)9-12-20/h4-7,15,17H,3,8-14H2,1-2H3/t17-/m0/s1. The molecule has 9 heteroatoms. The molecule has 2 aliphatic rings. The lowest BCUT2D eigenvalue weighted by atomic mass is 10.0. The minimum atomic E-state index is -3.56. The van der Waals surface area contributed by atoms with Gasteiger partial charge in [-0.2, -0.15) is 4.31 Å². The van der Waals surface area contributed by atoms with Crippen molar-refractivity contribution < 1.29 is 21.6 Å². The van der Waals surface area contributed by atoms with Gasteiger partial charge in [-0.25, -0.2) is 16.8 Å². The van der Waals surface area contributed by atoms with Gasteiger partial charge >= 0.3 is 0 Å². The van der Waals surface area contributed by atoms with Crippen LogP contribution in [-0.4, -0.2) is 69.1 Å². The van der Waals surface area contributed by atoms with Crippen LogP contribution in [0.1, 0.15) is 43.5 Å². The van der Waals surface area contributed by atoms with Crippen molar-refractivity contribution in [1.29, 1.82) is 0 Å². The molecule has 7 nitrogen and oxygen atoms in total. The van der Waals surface area contributed by atoms with Crippen molar-refractivity contribution in [1.82, 2.24) is 9.21 Å². The Kier molecular flexibility index (Phi) is 6.17. The number of sulfonamides is 1. The molecule has 0 N–H and O–H groups in total. The Labute approximate surface area is 167 Å². The summed E-state index contributed by atoms with van der Waals surface area (Å²) in [6.45, 7) is 5.39. The predicted molar refractivity (Wildman–Crippen MR) is 107 cm³/mol. The molecule has 1 aromatic carbocycles. The highest BCUT2D eigenvalue weighted by atomic mass is 32.2. The summed E-state index contributed by atoms with van der Waals surface area (Å²) >= 11 is 0. The largest absolute Gasteiger partial charge is 0.335 e. The summed E-state index contributed by atoms with van der Waals surface area (Å²) in [7, 11) is -6.64. The van der Waals surface area contributed by atoms with E-state index in [2.05, 4.69) is 6.92 Å². The molecule has 0 unspecified atom stereocenters. The SMILES string of the molecule is CCN(C(=O)c1ccc(S(=O)(=O)N2CCC(C)CC2)cc1)[C@H]1CCS(=O)(=O)C1. The van der Waals surface area contributed by atoms with Crippen LogP contribution in [0, 0.1) is 5.92 Å². The smallest absolute Gasteiger partial charge is 0.254 e. The van der Waals surface area contributed by atoms with Crippen LogP contribution in [0.25, 0.3) is 0 Å². The summed E-state index contributed by atoms with van der Waals surface area (Å²) < 4.78 is 50.6. The lowest BCUT2D eigenvalue weighted by Crippen LogP contribution is -2.41. The van der Waals surface area contributed by atoms with Crippen LogP contribution in [0.15, 0.2) is 29.2 Å². The van der Waals surface area contributed by atoms with Gasteiger partial charge in [-0.15, -0.1) is 0 Å². The molecule has 0 spiro atoms. The lowest BCUT2D eigenvalue weighted by molar-refractivity contribution is 0.0708. The number of piperidine rings is 1. The van der Waals surface area contributed by atoms with Gasteiger partial charge < -0.3 is 4.90 Å². The van der Waals surface area contributed by atoms with E-state index in [9.17, 15) is 21.6 Å². The zero-order valence-corrected chi connectivity index (χ0v) is 18.0. The van der Waals surface area contributed by atoms with Crippen LogP contribution in [0.3, 0.4) is 0 Å². The van der Waals surface area contributed by atoms with Crippen molar-refractivity contribution in [3.8, 4) is 0 Å². The number of carbonyl (C=O) groups excluding carboxylic acids is 1. The minimum absolute atomic E-state index is 0.00751. The molecule has 2 saturated heterocycles. The van der Waals surface area contributed by atoms with Crippen molar-refractivity contribution in [2.24, 2.45) is 5.92 Å². The van der Waals surface area contributed by atoms with Gasteiger partial charge in [0.1, 0.15) is 0 Å². The number of benzene rings is 1. The van der Waals surface area contributed by atoms with Gasteiger partial charge in [0.2, 0.25) is 10.0 Å².